The number of rotatable bonds is 5. The molecular formula is C42H47N3OSi. The van der Waals surface area contributed by atoms with Gasteiger partial charge in [0.25, 0.3) is 0 Å². The lowest BCUT2D eigenvalue weighted by Gasteiger charge is -2.27. The lowest BCUT2D eigenvalue weighted by Crippen LogP contribution is -2.39. The molecule has 6 aromatic rings. The number of phenols is 1. The molecule has 4 nitrogen and oxygen atoms in total. The monoisotopic (exact) mass is 637 g/mol. The predicted octanol–water partition coefficient (Wildman–Crippen LogP) is 10.5. The minimum absolute atomic E-state index is 0.0830. The quantitative estimate of drug-likeness (QED) is 0.191. The van der Waals surface area contributed by atoms with Crippen molar-refractivity contribution in [1.82, 2.24) is 14.5 Å². The summed E-state index contributed by atoms with van der Waals surface area (Å²) in [6, 6.07) is 32.2. The summed E-state index contributed by atoms with van der Waals surface area (Å²) >= 11 is 0. The van der Waals surface area contributed by atoms with E-state index in [2.05, 4.69) is 163 Å². The molecule has 0 aliphatic carbocycles. The number of aryl methyl sites for hydroxylation is 1. The molecule has 0 fully saturated rings. The van der Waals surface area contributed by atoms with Gasteiger partial charge in [-0.05, 0) is 62.5 Å². The molecule has 0 bridgehead atoms. The average molecular weight is 638 g/mol. The van der Waals surface area contributed by atoms with Gasteiger partial charge in [0, 0.05) is 29.9 Å². The summed E-state index contributed by atoms with van der Waals surface area (Å²) < 4.78 is 2.11. The summed E-state index contributed by atoms with van der Waals surface area (Å²) in [5, 5.41) is 13.0. The molecule has 240 valence electrons. The number of nitrogens with zero attached hydrogens (tertiary/aromatic N) is 3. The minimum Gasteiger partial charge on any atom is -0.507 e. The second-order valence-corrected chi connectivity index (χ2v) is 20.9. The zero-order valence-corrected chi connectivity index (χ0v) is 30.5. The summed E-state index contributed by atoms with van der Waals surface area (Å²) in [6.07, 6.45) is 2.10. The number of phenolic OH excluding ortho intramolecular Hbond substituents is 1. The molecule has 5 heteroatoms. The summed E-state index contributed by atoms with van der Waals surface area (Å²) in [5.74, 6) is 1.06. The van der Waals surface area contributed by atoms with Crippen LogP contribution in [-0.4, -0.2) is 27.7 Å². The molecule has 47 heavy (non-hydrogen) atoms. The van der Waals surface area contributed by atoms with Gasteiger partial charge in [-0.3, -0.25) is 4.98 Å². The van der Waals surface area contributed by atoms with E-state index < -0.39 is 8.07 Å². The first-order valence-corrected chi connectivity index (χ1v) is 20.0. The van der Waals surface area contributed by atoms with Gasteiger partial charge in [-0.1, -0.05) is 128 Å². The zero-order valence-electron chi connectivity index (χ0n) is 29.5. The van der Waals surface area contributed by atoms with Crippen LogP contribution in [0.5, 0.6) is 5.75 Å². The number of hydrogen-bond donors (Lipinski definition) is 1. The maximum Gasteiger partial charge on any atom is 0.144 e. The van der Waals surface area contributed by atoms with Crippen molar-refractivity contribution in [3.05, 3.63) is 108 Å². The maximum absolute atomic E-state index is 11.7. The second-order valence-electron chi connectivity index (χ2n) is 15.9. The molecule has 6 rings (SSSR count). The number of benzene rings is 4. The first kappa shape index (κ1) is 32.5. The van der Waals surface area contributed by atoms with Crippen molar-refractivity contribution in [2.75, 3.05) is 0 Å². The van der Waals surface area contributed by atoms with Crippen molar-refractivity contribution in [2.45, 2.75) is 72.0 Å². The van der Waals surface area contributed by atoms with Crippen molar-refractivity contribution in [2.24, 2.45) is 7.05 Å². The minimum atomic E-state index is -1.63. The van der Waals surface area contributed by atoms with Crippen molar-refractivity contribution in [1.29, 1.82) is 0 Å². The van der Waals surface area contributed by atoms with E-state index in [0.29, 0.717) is 5.75 Å². The molecule has 0 radical (unpaired) electrons. The van der Waals surface area contributed by atoms with Crippen LogP contribution in [0.1, 0.15) is 52.7 Å². The highest BCUT2D eigenvalue weighted by Gasteiger charge is 2.28. The van der Waals surface area contributed by atoms with Crippen LogP contribution in [0.15, 0.2) is 97.2 Å². The van der Waals surface area contributed by atoms with E-state index in [9.17, 15) is 5.11 Å². The van der Waals surface area contributed by atoms with Crippen LogP contribution in [-0.2, 0) is 17.9 Å². The Morgan fingerprint density at radius 1 is 0.660 bits per heavy atom. The number of pyridine rings is 1. The zero-order chi connectivity index (χ0) is 33.9. The van der Waals surface area contributed by atoms with Crippen molar-refractivity contribution in [3.8, 4) is 50.6 Å². The van der Waals surface area contributed by atoms with Gasteiger partial charge in [-0.25, -0.2) is 4.98 Å². The lowest BCUT2D eigenvalue weighted by atomic mass is 9.79. The molecule has 0 aliphatic heterocycles. The molecule has 1 N–H and O–H groups in total. The largest absolute Gasteiger partial charge is 0.507 e. The second kappa shape index (κ2) is 11.6. The highest BCUT2D eigenvalue weighted by Crippen LogP contribution is 2.43. The van der Waals surface area contributed by atoms with Gasteiger partial charge >= 0.3 is 0 Å². The van der Waals surface area contributed by atoms with Gasteiger partial charge < -0.3 is 9.67 Å². The molecule has 0 atom stereocenters. The van der Waals surface area contributed by atoms with Crippen molar-refractivity contribution >= 4 is 24.3 Å². The Kier molecular flexibility index (Phi) is 8.04. The third kappa shape index (κ3) is 6.17. The Balaban J connectivity index is 1.50. The molecule has 4 aromatic carbocycles. The van der Waals surface area contributed by atoms with E-state index in [1.165, 1.54) is 21.9 Å². The van der Waals surface area contributed by atoms with Crippen LogP contribution >= 0.6 is 0 Å². The molecular weight excluding hydrogens is 591 g/mol. The molecule has 2 heterocycles. The summed E-state index contributed by atoms with van der Waals surface area (Å²) in [4.78, 5) is 10.3. The number of hydrogen-bond acceptors (Lipinski definition) is 3. The van der Waals surface area contributed by atoms with Gasteiger partial charge in [-0.2, -0.15) is 0 Å². The SMILES string of the molecule is Cn1c(-c2cc(C(C)(C)C)cc(C(C)(C)C)c2O)nc2c(-c3cccc(-c4cc(-c5ccccc5)c([Si](C)(C)C)cn4)c3)cccc21. The molecule has 0 amide bonds. The number of para-hydroxylation sites is 1. The van der Waals surface area contributed by atoms with E-state index in [1.807, 2.05) is 7.05 Å². The number of imidazole rings is 1. The standard InChI is InChI=1S/C42H47N3OSi/c1-41(2,3)30-23-33(39(46)34(24-30)42(4,5)6)40-44-38-31(20-15-21-36(38)45(40)7)28-18-14-19-29(22-28)35-25-32(27-16-12-11-13-17-27)37(26-43-35)47(8,9)10/h11-26,46H,1-10H3. The van der Waals surface area contributed by atoms with E-state index >= 15 is 0 Å². The van der Waals surface area contributed by atoms with Crippen LogP contribution in [0.3, 0.4) is 0 Å². The lowest BCUT2D eigenvalue weighted by molar-refractivity contribution is 0.446. The summed E-state index contributed by atoms with van der Waals surface area (Å²) in [5.41, 5.74) is 11.2. The topological polar surface area (TPSA) is 50.9 Å². The van der Waals surface area contributed by atoms with E-state index in [4.69, 9.17) is 9.97 Å². The fourth-order valence-corrected chi connectivity index (χ4v) is 7.89. The Morgan fingerprint density at radius 2 is 1.32 bits per heavy atom. The van der Waals surface area contributed by atoms with Crippen LogP contribution < -0.4 is 5.19 Å². The van der Waals surface area contributed by atoms with Crippen LogP contribution in [0.2, 0.25) is 19.6 Å². The molecule has 0 unspecified atom stereocenters. The average Bonchev–Trinajstić information content (AvgIpc) is 3.35. The predicted molar refractivity (Wildman–Crippen MR) is 202 cm³/mol. The maximum atomic E-state index is 11.7. The molecule has 0 saturated carbocycles. The Hall–Kier alpha value is -4.48. The van der Waals surface area contributed by atoms with Crippen molar-refractivity contribution in [3.63, 3.8) is 0 Å². The fourth-order valence-electron chi connectivity index (χ4n) is 6.41. The van der Waals surface area contributed by atoms with Crippen LogP contribution in [0.25, 0.3) is 55.9 Å². The highest BCUT2D eigenvalue weighted by molar-refractivity contribution is 6.89. The van der Waals surface area contributed by atoms with Gasteiger partial charge in [0.15, 0.2) is 0 Å². The van der Waals surface area contributed by atoms with E-state index in [-0.39, 0.29) is 10.8 Å². The molecule has 2 aromatic heterocycles. The van der Waals surface area contributed by atoms with Crippen LogP contribution in [0, 0.1) is 0 Å². The highest BCUT2D eigenvalue weighted by atomic mass is 28.3. The first-order valence-electron chi connectivity index (χ1n) is 16.5. The Bertz CT molecular complexity index is 2110. The Labute approximate surface area is 281 Å². The molecule has 0 spiro atoms. The van der Waals surface area contributed by atoms with E-state index in [1.54, 1.807) is 0 Å². The van der Waals surface area contributed by atoms with Gasteiger partial charge in [0.2, 0.25) is 0 Å². The fraction of sp³-hybridized carbons (Fsp3) is 0.286. The third-order valence-electron chi connectivity index (χ3n) is 9.20. The van der Waals surface area contributed by atoms with Crippen molar-refractivity contribution < 1.29 is 5.11 Å². The number of aromatic nitrogens is 3. The first-order chi connectivity index (χ1) is 22.0. The molecule has 0 aliphatic rings. The number of fused-ring (bicyclic) bond motifs is 1. The smallest absolute Gasteiger partial charge is 0.144 e. The summed E-state index contributed by atoms with van der Waals surface area (Å²) in [6.45, 7) is 20.2. The third-order valence-corrected chi connectivity index (χ3v) is 11.2. The van der Waals surface area contributed by atoms with Crippen LogP contribution in [0.4, 0.5) is 0 Å². The van der Waals surface area contributed by atoms with E-state index in [0.717, 1.165) is 50.4 Å². The Morgan fingerprint density at radius 3 is 1.98 bits per heavy atom. The molecule has 0 saturated heterocycles. The van der Waals surface area contributed by atoms with Gasteiger partial charge in [0.05, 0.1) is 30.4 Å². The summed E-state index contributed by atoms with van der Waals surface area (Å²) in [7, 11) is 0.408. The van der Waals surface area contributed by atoms with Gasteiger partial charge in [0.1, 0.15) is 11.6 Å². The number of aromatic hydroxyl groups is 1. The van der Waals surface area contributed by atoms with Gasteiger partial charge in [-0.15, -0.1) is 0 Å². The normalized spacial score (nSPS) is 12.6.